The number of aryl methyl sites for hydroxylation is 1. The van der Waals surface area contributed by atoms with Crippen LogP contribution in [0.15, 0.2) is 36.4 Å². The van der Waals surface area contributed by atoms with Crippen LogP contribution < -0.4 is 15.4 Å². The van der Waals surface area contributed by atoms with Gasteiger partial charge in [-0.05, 0) is 48.7 Å². The van der Waals surface area contributed by atoms with Gasteiger partial charge in [-0.2, -0.15) is 13.2 Å². The molecule has 0 aliphatic carbocycles. The lowest BCUT2D eigenvalue weighted by atomic mass is 10.1. The Morgan fingerprint density at radius 3 is 2.50 bits per heavy atom. The van der Waals surface area contributed by atoms with Crippen molar-refractivity contribution >= 4 is 33.5 Å². The Hall–Kier alpha value is -3.08. The topological polar surface area (TPSA) is 100 Å². The molecule has 0 saturated heterocycles. The zero-order chi connectivity index (χ0) is 23.9. The highest BCUT2D eigenvalue weighted by Crippen LogP contribution is 2.29. The number of carbonyl (C=O) groups excluding carboxylic acids is 1. The summed E-state index contributed by atoms with van der Waals surface area (Å²) < 4.78 is 63.9. The molecule has 1 amide bonds. The second-order valence-electron chi connectivity index (χ2n) is 7.13. The van der Waals surface area contributed by atoms with Crippen molar-refractivity contribution in [3.05, 3.63) is 58.8 Å². The largest absolute Gasteiger partial charge is 0.433 e. The molecule has 174 valence electrons. The van der Waals surface area contributed by atoms with Gasteiger partial charge in [-0.1, -0.05) is 19.1 Å². The van der Waals surface area contributed by atoms with Crippen LogP contribution in [0.1, 0.15) is 35.7 Å². The predicted molar refractivity (Wildman–Crippen MR) is 119 cm³/mol. The number of halogens is 3. The van der Waals surface area contributed by atoms with E-state index in [9.17, 15) is 26.4 Å². The Morgan fingerprint density at radius 1 is 1.19 bits per heavy atom. The number of hydrogen-bond donors (Lipinski definition) is 3. The average Bonchev–Trinajstić information content (AvgIpc) is 2.69. The normalized spacial score (nSPS) is 12.1. The fraction of sp³-hybridized carbons (Fsp3) is 0.333. The maximum absolute atomic E-state index is 12.9. The van der Waals surface area contributed by atoms with E-state index in [4.69, 9.17) is 0 Å². The number of pyridine rings is 1. The Labute approximate surface area is 185 Å². The molecule has 0 saturated carbocycles. The van der Waals surface area contributed by atoms with Crippen LogP contribution in [-0.4, -0.2) is 32.1 Å². The molecule has 1 heterocycles. The van der Waals surface area contributed by atoms with E-state index < -0.39 is 27.8 Å². The van der Waals surface area contributed by atoms with Gasteiger partial charge in [0.05, 0.1) is 11.9 Å². The molecule has 2 aromatic rings. The monoisotopic (exact) mass is 470 g/mol. The molecule has 1 aromatic carbocycles. The molecule has 0 fully saturated rings. The highest BCUT2D eigenvalue weighted by atomic mass is 32.2. The van der Waals surface area contributed by atoms with E-state index >= 15 is 0 Å². The smallest absolute Gasteiger partial charge is 0.370 e. The first-order valence-electron chi connectivity index (χ1n) is 9.74. The molecule has 7 nitrogen and oxygen atoms in total. The van der Waals surface area contributed by atoms with Gasteiger partial charge in [-0.3, -0.25) is 9.52 Å². The number of nitrogens with zero attached hydrogens (tertiary/aromatic N) is 1. The Morgan fingerprint density at radius 2 is 1.91 bits per heavy atom. The quantitative estimate of drug-likeness (QED) is 0.482. The first kappa shape index (κ1) is 25.2. The number of nitrogens with one attached hydrogen (secondary N) is 3. The summed E-state index contributed by atoms with van der Waals surface area (Å²) in [7, 11) is -3.39. The maximum Gasteiger partial charge on any atom is 0.433 e. The predicted octanol–water partition coefficient (Wildman–Crippen LogP) is 3.93. The van der Waals surface area contributed by atoms with Crippen molar-refractivity contribution < 1.29 is 26.4 Å². The lowest BCUT2D eigenvalue weighted by Crippen LogP contribution is -2.20. The van der Waals surface area contributed by atoms with E-state index in [0.717, 1.165) is 17.9 Å². The maximum atomic E-state index is 12.9. The summed E-state index contributed by atoms with van der Waals surface area (Å²) in [5, 5.41) is 5.52. The minimum absolute atomic E-state index is 0.0512. The van der Waals surface area contributed by atoms with Crippen LogP contribution in [0, 0.1) is 6.92 Å². The number of aromatic nitrogens is 1. The molecular formula is C21H25F3N4O3S. The molecule has 0 radical (unpaired) electrons. The number of anilines is 2. The molecule has 11 heteroatoms. The highest BCUT2D eigenvalue weighted by molar-refractivity contribution is 7.92. The Bertz CT molecular complexity index is 1100. The molecule has 0 bridgehead atoms. The Balaban J connectivity index is 2.06. The highest BCUT2D eigenvalue weighted by Gasteiger charge is 2.32. The van der Waals surface area contributed by atoms with Crippen molar-refractivity contribution in [1.82, 2.24) is 10.3 Å². The minimum atomic E-state index is -4.56. The van der Waals surface area contributed by atoms with Crippen LogP contribution in [0.5, 0.6) is 0 Å². The molecule has 0 spiro atoms. The van der Waals surface area contributed by atoms with Crippen molar-refractivity contribution in [2.45, 2.75) is 33.0 Å². The van der Waals surface area contributed by atoms with E-state index in [1.54, 1.807) is 25.1 Å². The number of hydrogen-bond acceptors (Lipinski definition) is 5. The second-order valence-corrected chi connectivity index (χ2v) is 8.88. The number of benzene rings is 1. The van der Waals surface area contributed by atoms with Crippen molar-refractivity contribution in [2.24, 2.45) is 0 Å². The average molecular weight is 471 g/mol. The van der Waals surface area contributed by atoms with Crippen LogP contribution in [0.2, 0.25) is 0 Å². The SMILES string of the molecule is CCCNc1nc(C(F)(F)F)ccc1C=CC(=O)NCc1ccc(NS(C)(=O)=O)c(C)c1. The Kier molecular flexibility index (Phi) is 8.25. The van der Waals surface area contributed by atoms with Crippen molar-refractivity contribution in [3.8, 4) is 0 Å². The molecule has 2 rings (SSSR count). The third kappa shape index (κ3) is 7.88. The van der Waals surface area contributed by atoms with Gasteiger partial charge in [0.25, 0.3) is 0 Å². The lowest BCUT2D eigenvalue weighted by molar-refractivity contribution is -0.141. The van der Waals surface area contributed by atoms with Crippen molar-refractivity contribution in [3.63, 3.8) is 0 Å². The van der Waals surface area contributed by atoms with Gasteiger partial charge in [-0.15, -0.1) is 0 Å². The number of sulfonamides is 1. The van der Waals surface area contributed by atoms with Gasteiger partial charge in [0.1, 0.15) is 11.5 Å². The standard InChI is InChI=1S/C21H25F3N4O3S/c1-4-11-25-20-16(6-9-18(27-20)21(22,23)24)7-10-19(29)26-13-15-5-8-17(14(2)12-15)28-32(3,30)31/h5-10,12,28H,4,11,13H2,1-3H3,(H,25,27)(H,26,29). The van der Waals surface area contributed by atoms with Crippen molar-refractivity contribution in [2.75, 3.05) is 22.8 Å². The summed E-state index contributed by atoms with van der Waals surface area (Å²) in [6.07, 6.45) is -0.201. The number of rotatable bonds is 9. The molecule has 3 N–H and O–H groups in total. The fourth-order valence-corrected chi connectivity index (χ4v) is 3.34. The van der Waals surface area contributed by atoms with Gasteiger partial charge in [-0.25, -0.2) is 13.4 Å². The summed E-state index contributed by atoms with van der Waals surface area (Å²) >= 11 is 0. The molecule has 0 atom stereocenters. The van der Waals surface area contributed by atoms with Gasteiger partial charge >= 0.3 is 6.18 Å². The third-order valence-corrected chi connectivity index (χ3v) is 4.82. The first-order valence-corrected chi connectivity index (χ1v) is 11.6. The van der Waals surface area contributed by atoms with Crippen LogP contribution in [0.25, 0.3) is 6.08 Å². The molecule has 1 aromatic heterocycles. The summed E-state index contributed by atoms with van der Waals surface area (Å²) in [6.45, 7) is 4.23. The first-order chi connectivity index (χ1) is 14.9. The van der Waals surface area contributed by atoms with Crippen LogP contribution in [0.3, 0.4) is 0 Å². The van der Waals surface area contributed by atoms with Gasteiger partial charge in [0.2, 0.25) is 15.9 Å². The van der Waals surface area contributed by atoms with E-state index in [-0.39, 0.29) is 12.4 Å². The van der Waals surface area contributed by atoms with Crippen LogP contribution in [-0.2, 0) is 27.5 Å². The molecule has 0 unspecified atom stereocenters. The zero-order valence-corrected chi connectivity index (χ0v) is 18.7. The molecule has 0 aliphatic rings. The fourth-order valence-electron chi connectivity index (χ4n) is 2.71. The summed E-state index contributed by atoms with van der Waals surface area (Å²) in [5.74, 6) is -0.391. The van der Waals surface area contributed by atoms with Crippen LogP contribution >= 0.6 is 0 Å². The van der Waals surface area contributed by atoms with Gasteiger partial charge < -0.3 is 10.6 Å². The summed E-state index contributed by atoms with van der Waals surface area (Å²) in [5.41, 5.74) is 1.24. The molecular weight excluding hydrogens is 445 g/mol. The minimum Gasteiger partial charge on any atom is -0.370 e. The van der Waals surface area contributed by atoms with Gasteiger partial charge in [0.15, 0.2) is 0 Å². The van der Waals surface area contributed by atoms with Gasteiger partial charge in [0, 0.05) is 24.7 Å². The summed E-state index contributed by atoms with van der Waals surface area (Å²) in [6, 6.07) is 7.15. The number of alkyl halides is 3. The zero-order valence-electron chi connectivity index (χ0n) is 17.9. The molecule has 0 aliphatic heterocycles. The third-order valence-electron chi connectivity index (χ3n) is 4.23. The summed E-state index contributed by atoms with van der Waals surface area (Å²) in [4.78, 5) is 15.8. The van der Waals surface area contributed by atoms with E-state index in [1.165, 1.54) is 18.2 Å². The van der Waals surface area contributed by atoms with E-state index in [1.807, 2.05) is 6.92 Å². The van der Waals surface area contributed by atoms with Crippen molar-refractivity contribution in [1.29, 1.82) is 0 Å². The lowest BCUT2D eigenvalue weighted by Gasteiger charge is -2.12. The van der Waals surface area contributed by atoms with E-state index in [0.29, 0.717) is 29.8 Å². The number of amides is 1. The molecule has 32 heavy (non-hydrogen) atoms. The van der Waals surface area contributed by atoms with E-state index in [2.05, 4.69) is 20.3 Å². The number of carbonyl (C=O) groups is 1. The van der Waals surface area contributed by atoms with Crippen LogP contribution in [0.4, 0.5) is 24.7 Å². The second kappa shape index (κ2) is 10.5.